The lowest BCUT2D eigenvalue weighted by atomic mass is 10.2. The van der Waals surface area contributed by atoms with Gasteiger partial charge in [-0.3, -0.25) is 4.90 Å². The van der Waals surface area contributed by atoms with Crippen LogP contribution in [0.4, 0.5) is 0 Å². The second-order valence-electron chi connectivity index (χ2n) is 4.52. The fraction of sp³-hybridized carbons (Fsp3) is 1.00. The summed E-state index contributed by atoms with van der Waals surface area (Å²) in [6.07, 6.45) is 1.58. The van der Waals surface area contributed by atoms with Crippen LogP contribution in [-0.2, 0) is 9.47 Å². The molecule has 17 heavy (non-hydrogen) atoms. The second-order valence-corrected chi connectivity index (χ2v) is 4.52. The maximum atomic E-state index is 9.79. The molecule has 2 N–H and O–H groups in total. The Kier molecular flexibility index (Phi) is 7.72. The van der Waals surface area contributed by atoms with Crippen molar-refractivity contribution in [2.24, 2.45) is 0 Å². The second kappa shape index (κ2) is 8.83. The highest BCUT2D eigenvalue weighted by atomic mass is 16.5. The topological polar surface area (TPSA) is 62.2 Å². The molecule has 2 atom stereocenters. The molecule has 1 rings (SSSR count). The van der Waals surface area contributed by atoms with Crippen molar-refractivity contribution in [2.45, 2.75) is 32.0 Å². The van der Waals surface area contributed by atoms with Crippen molar-refractivity contribution in [3.63, 3.8) is 0 Å². The maximum Gasteiger partial charge on any atom is 0.0932 e. The summed E-state index contributed by atoms with van der Waals surface area (Å²) in [5.41, 5.74) is 0. The summed E-state index contributed by atoms with van der Waals surface area (Å²) < 4.78 is 10.7. The molecule has 0 aromatic rings. The van der Waals surface area contributed by atoms with Gasteiger partial charge >= 0.3 is 0 Å². The zero-order valence-corrected chi connectivity index (χ0v) is 10.7. The van der Waals surface area contributed by atoms with Crippen molar-refractivity contribution in [3.05, 3.63) is 0 Å². The molecule has 0 radical (unpaired) electrons. The Bertz CT molecular complexity index is 191. The van der Waals surface area contributed by atoms with Gasteiger partial charge in [-0.15, -0.1) is 0 Å². The largest absolute Gasteiger partial charge is 0.394 e. The van der Waals surface area contributed by atoms with Gasteiger partial charge in [0.25, 0.3) is 0 Å². The van der Waals surface area contributed by atoms with E-state index in [4.69, 9.17) is 14.6 Å². The molecule has 1 fully saturated rings. The number of aliphatic hydroxyl groups excluding tert-OH is 2. The van der Waals surface area contributed by atoms with Crippen molar-refractivity contribution >= 4 is 0 Å². The lowest BCUT2D eigenvalue weighted by Gasteiger charge is -2.33. The summed E-state index contributed by atoms with van der Waals surface area (Å²) >= 11 is 0. The van der Waals surface area contributed by atoms with E-state index in [1.807, 2.05) is 0 Å². The van der Waals surface area contributed by atoms with Gasteiger partial charge in [-0.25, -0.2) is 0 Å². The Hall–Kier alpha value is -0.200. The summed E-state index contributed by atoms with van der Waals surface area (Å²) in [5, 5.41) is 18.8. The molecule has 1 heterocycles. The highest BCUT2D eigenvalue weighted by Crippen LogP contribution is 2.05. The van der Waals surface area contributed by atoms with Crippen molar-refractivity contribution in [1.29, 1.82) is 0 Å². The molecular formula is C12H25NO4. The minimum atomic E-state index is -0.454. The summed E-state index contributed by atoms with van der Waals surface area (Å²) in [6.45, 7) is 5.96. The summed E-state index contributed by atoms with van der Waals surface area (Å²) in [4.78, 5) is 2.11. The first-order chi connectivity index (χ1) is 8.26. The molecule has 0 bridgehead atoms. The monoisotopic (exact) mass is 247 g/mol. The molecule has 102 valence electrons. The van der Waals surface area contributed by atoms with Crippen LogP contribution < -0.4 is 0 Å². The molecule has 0 amide bonds. The Morgan fingerprint density at radius 1 is 1.53 bits per heavy atom. The summed E-state index contributed by atoms with van der Waals surface area (Å²) in [6, 6.07) is 0. The minimum absolute atomic E-state index is 0.0413. The third-order valence-corrected chi connectivity index (χ3v) is 2.85. The van der Waals surface area contributed by atoms with E-state index in [1.54, 1.807) is 0 Å². The fourth-order valence-electron chi connectivity index (χ4n) is 1.87. The smallest absolute Gasteiger partial charge is 0.0932 e. The van der Waals surface area contributed by atoms with Gasteiger partial charge in [-0.05, 0) is 6.42 Å². The van der Waals surface area contributed by atoms with E-state index in [1.165, 1.54) is 0 Å². The highest BCUT2D eigenvalue weighted by Gasteiger charge is 2.21. The first-order valence-corrected chi connectivity index (χ1v) is 6.46. The average molecular weight is 247 g/mol. The molecule has 0 aliphatic carbocycles. The van der Waals surface area contributed by atoms with Crippen LogP contribution in [0.1, 0.15) is 19.8 Å². The first kappa shape index (κ1) is 14.9. The summed E-state index contributed by atoms with van der Waals surface area (Å²) in [5.74, 6) is 0. The van der Waals surface area contributed by atoms with E-state index in [2.05, 4.69) is 11.8 Å². The van der Waals surface area contributed by atoms with Crippen LogP contribution in [-0.4, -0.2) is 73.4 Å². The number of hydrogen-bond donors (Lipinski definition) is 2. The molecule has 1 aliphatic heterocycles. The molecule has 0 spiro atoms. The first-order valence-electron chi connectivity index (χ1n) is 6.46. The van der Waals surface area contributed by atoms with Gasteiger partial charge in [-0.1, -0.05) is 13.3 Å². The molecular weight excluding hydrogens is 222 g/mol. The van der Waals surface area contributed by atoms with Crippen LogP contribution in [0.25, 0.3) is 0 Å². The zero-order chi connectivity index (χ0) is 12.5. The van der Waals surface area contributed by atoms with Gasteiger partial charge in [0.2, 0.25) is 0 Å². The standard InChI is InChI=1S/C12H25NO4/c1-2-3-5-16-10-11(15)7-13-4-6-17-12(8-13)9-14/h11-12,14-15H,2-10H2,1H3. The maximum absolute atomic E-state index is 9.79. The van der Waals surface area contributed by atoms with E-state index < -0.39 is 6.10 Å². The van der Waals surface area contributed by atoms with Gasteiger partial charge in [0.15, 0.2) is 0 Å². The number of nitrogens with zero attached hydrogens (tertiary/aromatic N) is 1. The number of β-amino-alcohol motifs (C(OH)–C–C–N with tert-alkyl or cyclic N) is 1. The predicted molar refractivity (Wildman–Crippen MR) is 65.0 cm³/mol. The zero-order valence-electron chi connectivity index (χ0n) is 10.7. The molecule has 0 aromatic heterocycles. The fourth-order valence-corrected chi connectivity index (χ4v) is 1.87. The summed E-state index contributed by atoms with van der Waals surface area (Å²) in [7, 11) is 0. The van der Waals surface area contributed by atoms with E-state index in [0.29, 0.717) is 26.3 Å². The average Bonchev–Trinajstić information content (AvgIpc) is 2.35. The third-order valence-electron chi connectivity index (χ3n) is 2.85. The Labute approximate surface area is 103 Å². The highest BCUT2D eigenvalue weighted by molar-refractivity contribution is 4.73. The molecule has 2 unspecified atom stereocenters. The minimum Gasteiger partial charge on any atom is -0.394 e. The normalized spacial score (nSPS) is 23.8. The van der Waals surface area contributed by atoms with Crippen LogP contribution in [0.15, 0.2) is 0 Å². The van der Waals surface area contributed by atoms with Gasteiger partial charge in [-0.2, -0.15) is 0 Å². The van der Waals surface area contributed by atoms with E-state index in [9.17, 15) is 5.11 Å². The van der Waals surface area contributed by atoms with E-state index >= 15 is 0 Å². The Morgan fingerprint density at radius 2 is 2.35 bits per heavy atom. The van der Waals surface area contributed by atoms with Gasteiger partial charge in [0, 0.05) is 26.2 Å². The van der Waals surface area contributed by atoms with Crippen molar-refractivity contribution in [2.75, 3.05) is 46.1 Å². The van der Waals surface area contributed by atoms with Crippen molar-refractivity contribution in [3.8, 4) is 0 Å². The molecule has 1 aliphatic rings. The molecule has 1 saturated heterocycles. The number of morpholine rings is 1. The van der Waals surface area contributed by atoms with Crippen LogP contribution >= 0.6 is 0 Å². The number of ether oxygens (including phenoxy) is 2. The van der Waals surface area contributed by atoms with Crippen molar-refractivity contribution in [1.82, 2.24) is 4.90 Å². The van der Waals surface area contributed by atoms with Crippen LogP contribution in [0.2, 0.25) is 0 Å². The quantitative estimate of drug-likeness (QED) is 0.584. The number of rotatable bonds is 8. The lowest BCUT2D eigenvalue weighted by Crippen LogP contribution is -2.47. The number of aliphatic hydroxyl groups is 2. The molecule has 5 nitrogen and oxygen atoms in total. The predicted octanol–water partition coefficient (Wildman–Crippen LogP) is -0.143. The molecule has 0 aromatic carbocycles. The van der Waals surface area contributed by atoms with E-state index in [-0.39, 0.29) is 12.7 Å². The Morgan fingerprint density at radius 3 is 3.06 bits per heavy atom. The number of unbranched alkanes of at least 4 members (excludes halogenated alkanes) is 1. The number of hydrogen-bond acceptors (Lipinski definition) is 5. The van der Waals surface area contributed by atoms with Crippen LogP contribution in [0, 0.1) is 0 Å². The third kappa shape index (κ3) is 6.33. The van der Waals surface area contributed by atoms with E-state index in [0.717, 1.165) is 26.0 Å². The lowest BCUT2D eigenvalue weighted by molar-refractivity contribution is -0.0682. The SMILES string of the molecule is CCCCOCC(O)CN1CCOC(CO)C1. The van der Waals surface area contributed by atoms with Gasteiger partial charge in [0.05, 0.1) is 32.0 Å². The van der Waals surface area contributed by atoms with Crippen LogP contribution in [0.3, 0.4) is 0 Å². The van der Waals surface area contributed by atoms with Crippen molar-refractivity contribution < 1.29 is 19.7 Å². The van der Waals surface area contributed by atoms with Gasteiger partial charge in [0.1, 0.15) is 0 Å². The molecule has 5 heteroatoms. The molecule has 0 saturated carbocycles. The Balaban J connectivity index is 2.10. The van der Waals surface area contributed by atoms with Gasteiger partial charge < -0.3 is 19.7 Å². The van der Waals surface area contributed by atoms with Crippen LogP contribution in [0.5, 0.6) is 0 Å².